The molecule has 0 radical (unpaired) electrons. The van der Waals surface area contributed by atoms with E-state index in [4.69, 9.17) is 9.47 Å². The highest BCUT2D eigenvalue weighted by Crippen LogP contribution is 2.30. The van der Waals surface area contributed by atoms with Crippen LogP contribution in [0, 0.1) is 5.92 Å². The van der Waals surface area contributed by atoms with Crippen molar-refractivity contribution in [3.63, 3.8) is 0 Å². The summed E-state index contributed by atoms with van der Waals surface area (Å²) in [5.41, 5.74) is 1.93. The molecule has 0 aliphatic carbocycles. The lowest BCUT2D eigenvalue weighted by Gasteiger charge is -2.34. The van der Waals surface area contributed by atoms with Crippen LogP contribution in [0.1, 0.15) is 30.1 Å². The van der Waals surface area contributed by atoms with Crippen molar-refractivity contribution >= 4 is 5.91 Å². The Morgan fingerprint density at radius 2 is 1.79 bits per heavy atom. The maximum absolute atomic E-state index is 12.3. The standard InChI is InChI=1S/C23H30N2O4/c1-28-20-9-8-17(14-21(20)29-2)15-24-22(26)16-25-12-10-19(11-13-25)23(27)18-6-4-3-5-7-18/h3-9,14,19,23,27H,10-13,15-16H2,1-2H3,(H,24,26). The molecular formula is C23H30N2O4. The van der Waals surface area contributed by atoms with Crippen LogP contribution in [0.3, 0.4) is 0 Å². The Morgan fingerprint density at radius 3 is 2.45 bits per heavy atom. The predicted molar refractivity (Wildman–Crippen MR) is 112 cm³/mol. The minimum atomic E-state index is -0.433. The Bertz CT molecular complexity index is 789. The molecule has 156 valence electrons. The quantitative estimate of drug-likeness (QED) is 0.716. The highest BCUT2D eigenvalue weighted by Gasteiger charge is 2.26. The third-order valence-electron chi connectivity index (χ3n) is 5.52. The number of aliphatic hydroxyl groups is 1. The molecule has 3 rings (SSSR count). The molecule has 0 spiro atoms. The first kappa shape index (κ1) is 21.1. The van der Waals surface area contributed by atoms with Crippen molar-refractivity contribution in [3.05, 3.63) is 59.7 Å². The zero-order valence-corrected chi connectivity index (χ0v) is 17.1. The molecule has 2 aromatic carbocycles. The van der Waals surface area contributed by atoms with Gasteiger partial charge in [-0.25, -0.2) is 0 Å². The van der Waals surface area contributed by atoms with Crippen molar-refractivity contribution in [1.29, 1.82) is 0 Å². The van der Waals surface area contributed by atoms with Crippen LogP contribution in [-0.2, 0) is 11.3 Å². The van der Waals surface area contributed by atoms with Gasteiger partial charge in [0.25, 0.3) is 0 Å². The fourth-order valence-electron chi connectivity index (χ4n) is 3.80. The lowest BCUT2D eigenvalue weighted by atomic mass is 9.87. The van der Waals surface area contributed by atoms with E-state index in [1.807, 2.05) is 48.5 Å². The highest BCUT2D eigenvalue weighted by atomic mass is 16.5. The molecule has 2 aromatic rings. The zero-order chi connectivity index (χ0) is 20.6. The van der Waals surface area contributed by atoms with Crippen LogP contribution < -0.4 is 14.8 Å². The molecule has 1 aliphatic heterocycles. The third kappa shape index (κ3) is 5.71. The average molecular weight is 399 g/mol. The van der Waals surface area contributed by atoms with E-state index in [-0.39, 0.29) is 11.8 Å². The summed E-state index contributed by atoms with van der Waals surface area (Å²) in [6.07, 6.45) is 1.34. The van der Waals surface area contributed by atoms with Gasteiger partial charge in [-0.2, -0.15) is 0 Å². The smallest absolute Gasteiger partial charge is 0.234 e. The number of hydrogen-bond donors (Lipinski definition) is 2. The molecule has 1 heterocycles. The van der Waals surface area contributed by atoms with Crippen LogP contribution in [0.4, 0.5) is 0 Å². The number of nitrogens with one attached hydrogen (secondary N) is 1. The molecular weight excluding hydrogens is 368 g/mol. The van der Waals surface area contributed by atoms with Crippen LogP contribution in [0.2, 0.25) is 0 Å². The van der Waals surface area contributed by atoms with Gasteiger partial charge in [0.2, 0.25) is 5.91 Å². The number of methoxy groups -OCH3 is 2. The number of benzene rings is 2. The number of carbonyl (C=O) groups is 1. The van der Waals surface area contributed by atoms with Crippen LogP contribution in [0.5, 0.6) is 11.5 Å². The monoisotopic (exact) mass is 398 g/mol. The molecule has 2 N–H and O–H groups in total. The van der Waals surface area contributed by atoms with Crippen LogP contribution in [-0.4, -0.2) is 49.8 Å². The zero-order valence-electron chi connectivity index (χ0n) is 17.1. The van der Waals surface area contributed by atoms with Gasteiger partial charge in [0.15, 0.2) is 11.5 Å². The first-order chi connectivity index (χ1) is 14.1. The Morgan fingerprint density at radius 1 is 1.10 bits per heavy atom. The number of likely N-dealkylation sites (tertiary alicyclic amines) is 1. The van der Waals surface area contributed by atoms with Gasteiger partial charge < -0.3 is 19.9 Å². The number of nitrogens with zero attached hydrogens (tertiary/aromatic N) is 1. The molecule has 1 unspecified atom stereocenters. The molecule has 1 saturated heterocycles. The van der Waals surface area contributed by atoms with E-state index in [0.29, 0.717) is 24.6 Å². The van der Waals surface area contributed by atoms with Crippen molar-refractivity contribution in [2.24, 2.45) is 5.92 Å². The molecule has 1 aliphatic rings. The first-order valence-electron chi connectivity index (χ1n) is 10.0. The highest BCUT2D eigenvalue weighted by molar-refractivity contribution is 5.78. The van der Waals surface area contributed by atoms with Gasteiger partial charge in [-0.15, -0.1) is 0 Å². The number of amides is 1. The van der Waals surface area contributed by atoms with E-state index in [1.165, 1.54) is 0 Å². The van der Waals surface area contributed by atoms with Crippen molar-refractivity contribution in [1.82, 2.24) is 10.2 Å². The minimum Gasteiger partial charge on any atom is -0.493 e. The average Bonchev–Trinajstić information content (AvgIpc) is 2.78. The Labute approximate surface area is 172 Å². The maximum Gasteiger partial charge on any atom is 0.234 e. The summed E-state index contributed by atoms with van der Waals surface area (Å²) in [6, 6.07) is 15.4. The number of hydrogen-bond acceptors (Lipinski definition) is 5. The van der Waals surface area contributed by atoms with Gasteiger partial charge >= 0.3 is 0 Å². The molecule has 1 amide bonds. The summed E-state index contributed by atoms with van der Waals surface area (Å²) in [4.78, 5) is 14.5. The molecule has 6 nitrogen and oxygen atoms in total. The first-order valence-corrected chi connectivity index (χ1v) is 10.0. The lowest BCUT2D eigenvalue weighted by Crippen LogP contribution is -2.42. The molecule has 1 fully saturated rings. The summed E-state index contributed by atoms with van der Waals surface area (Å²) in [5.74, 6) is 1.56. The summed E-state index contributed by atoms with van der Waals surface area (Å²) in [7, 11) is 3.19. The lowest BCUT2D eigenvalue weighted by molar-refractivity contribution is -0.122. The van der Waals surface area contributed by atoms with E-state index in [9.17, 15) is 9.90 Å². The summed E-state index contributed by atoms with van der Waals surface area (Å²) in [5, 5.41) is 13.6. The minimum absolute atomic E-state index is 0.00171. The summed E-state index contributed by atoms with van der Waals surface area (Å²) >= 11 is 0. The molecule has 6 heteroatoms. The van der Waals surface area contributed by atoms with Gasteiger partial charge in [-0.1, -0.05) is 36.4 Å². The van der Waals surface area contributed by atoms with Crippen molar-refractivity contribution in [3.8, 4) is 11.5 Å². The van der Waals surface area contributed by atoms with E-state index in [1.54, 1.807) is 14.2 Å². The van der Waals surface area contributed by atoms with Crippen molar-refractivity contribution < 1.29 is 19.4 Å². The van der Waals surface area contributed by atoms with Gasteiger partial charge in [-0.05, 0) is 55.1 Å². The van der Waals surface area contributed by atoms with Crippen molar-refractivity contribution in [2.75, 3.05) is 33.9 Å². The number of aliphatic hydroxyl groups excluding tert-OH is 1. The second-order valence-electron chi connectivity index (χ2n) is 7.44. The summed E-state index contributed by atoms with van der Waals surface area (Å²) < 4.78 is 10.5. The fourth-order valence-corrected chi connectivity index (χ4v) is 3.80. The van der Waals surface area contributed by atoms with Crippen LogP contribution >= 0.6 is 0 Å². The van der Waals surface area contributed by atoms with Crippen LogP contribution in [0.15, 0.2) is 48.5 Å². The van der Waals surface area contributed by atoms with Gasteiger partial charge in [0.1, 0.15) is 0 Å². The normalized spacial score (nSPS) is 16.2. The molecule has 29 heavy (non-hydrogen) atoms. The summed E-state index contributed by atoms with van der Waals surface area (Å²) in [6.45, 7) is 2.46. The second-order valence-corrected chi connectivity index (χ2v) is 7.44. The van der Waals surface area contributed by atoms with E-state index in [2.05, 4.69) is 10.2 Å². The maximum atomic E-state index is 12.3. The Balaban J connectivity index is 1.43. The number of ether oxygens (including phenoxy) is 2. The SMILES string of the molecule is COc1ccc(CNC(=O)CN2CCC(C(O)c3ccccc3)CC2)cc1OC. The van der Waals surface area contributed by atoms with E-state index < -0.39 is 6.10 Å². The number of piperidine rings is 1. The molecule has 1 atom stereocenters. The van der Waals surface area contributed by atoms with Gasteiger partial charge in [0.05, 0.1) is 26.9 Å². The number of rotatable bonds is 8. The second kappa shape index (κ2) is 10.3. The van der Waals surface area contributed by atoms with Crippen molar-refractivity contribution in [2.45, 2.75) is 25.5 Å². The number of carbonyl (C=O) groups excluding carboxylic acids is 1. The molecule has 0 bridgehead atoms. The van der Waals surface area contributed by atoms with Gasteiger partial charge in [-0.3, -0.25) is 9.69 Å². The molecule has 0 saturated carbocycles. The predicted octanol–water partition coefficient (Wildman–Crippen LogP) is 2.77. The van der Waals surface area contributed by atoms with E-state index in [0.717, 1.165) is 37.1 Å². The molecule has 0 aromatic heterocycles. The largest absolute Gasteiger partial charge is 0.493 e. The fraction of sp³-hybridized carbons (Fsp3) is 0.435. The Hall–Kier alpha value is -2.57. The van der Waals surface area contributed by atoms with Gasteiger partial charge in [0, 0.05) is 6.54 Å². The third-order valence-corrected chi connectivity index (χ3v) is 5.52. The van der Waals surface area contributed by atoms with Crippen LogP contribution in [0.25, 0.3) is 0 Å². The Kier molecular flexibility index (Phi) is 7.49. The topological polar surface area (TPSA) is 71.0 Å². The van der Waals surface area contributed by atoms with E-state index >= 15 is 0 Å².